The minimum absolute atomic E-state index is 0.141. The molecular weight excluding hydrogens is 356 g/mol. The minimum atomic E-state index is -1.12. The molecule has 0 aliphatic heterocycles. The number of hydrogen-bond acceptors (Lipinski definition) is 5. The molecular formula is C18H18N2O5S. The van der Waals surface area contributed by atoms with Gasteiger partial charge in [0.1, 0.15) is 6.04 Å². The van der Waals surface area contributed by atoms with E-state index in [-0.39, 0.29) is 17.7 Å². The van der Waals surface area contributed by atoms with Crippen LogP contribution in [0.5, 0.6) is 0 Å². The molecule has 0 aliphatic rings. The van der Waals surface area contributed by atoms with Crippen LogP contribution in [0.4, 0.5) is 5.69 Å². The first-order valence-corrected chi connectivity index (χ1v) is 9.20. The van der Waals surface area contributed by atoms with Crippen molar-refractivity contribution in [2.45, 2.75) is 12.5 Å². The van der Waals surface area contributed by atoms with Gasteiger partial charge in [-0.05, 0) is 30.1 Å². The highest BCUT2D eigenvalue weighted by atomic mass is 32.2. The molecule has 2 aromatic carbocycles. The van der Waals surface area contributed by atoms with E-state index in [1.165, 1.54) is 30.0 Å². The van der Waals surface area contributed by atoms with Crippen molar-refractivity contribution in [3.05, 3.63) is 64.2 Å². The van der Waals surface area contributed by atoms with Crippen molar-refractivity contribution in [2.75, 3.05) is 12.0 Å². The van der Waals surface area contributed by atoms with Crippen molar-refractivity contribution in [1.82, 2.24) is 5.32 Å². The Morgan fingerprint density at radius 3 is 2.50 bits per heavy atom. The van der Waals surface area contributed by atoms with E-state index in [0.29, 0.717) is 16.9 Å². The zero-order valence-electron chi connectivity index (χ0n) is 14.0. The zero-order chi connectivity index (χ0) is 19.1. The Hall–Kier alpha value is -2.87. The van der Waals surface area contributed by atoms with Gasteiger partial charge in [-0.15, -0.1) is 0 Å². The average Bonchev–Trinajstić information content (AvgIpc) is 2.64. The van der Waals surface area contributed by atoms with Crippen molar-refractivity contribution in [1.29, 1.82) is 0 Å². The molecule has 8 heteroatoms. The standard InChI is InChI=1S/C18H18N2O5S/c1-26-10-9-16(18(22)23)19-17(21)14-8-7-13(20(24)25)11-15(14)12-5-3-2-4-6-12/h2-8,11,16H,9-10H2,1H3,(H,19,21)(H,22,23)/t16-/m0/s1. The molecule has 0 spiro atoms. The molecule has 7 nitrogen and oxygen atoms in total. The summed E-state index contributed by atoms with van der Waals surface area (Å²) in [7, 11) is 0. The topological polar surface area (TPSA) is 110 Å². The van der Waals surface area contributed by atoms with E-state index in [1.807, 2.05) is 6.26 Å². The van der Waals surface area contributed by atoms with Gasteiger partial charge < -0.3 is 10.4 Å². The fourth-order valence-corrected chi connectivity index (χ4v) is 2.90. The van der Waals surface area contributed by atoms with Crippen LogP contribution in [0.2, 0.25) is 0 Å². The van der Waals surface area contributed by atoms with Gasteiger partial charge >= 0.3 is 5.97 Å². The molecule has 0 aliphatic carbocycles. The summed E-state index contributed by atoms with van der Waals surface area (Å²) < 4.78 is 0. The zero-order valence-corrected chi connectivity index (χ0v) is 14.9. The van der Waals surface area contributed by atoms with Crippen LogP contribution in [0.25, 0.3) is 11.1 Å². The van der Waals surface area contributed by atoms with Crippen molar-refractivity contribution in [2.24, 2.45) is 0 Å². The maximum Gasteiger partial charge on any atom is 0.326 e. The number of nitrogens with one attached hydrogen (secondary N) is 1. The largest absolute Gasteiger partial charge is 0.480 e. The highest BCUT2D eigenvalue weighted by molar-refractivity contribution is 7.98. The summed E-state index contributed by atoms with van der Waals surface area (Å²) in [6.45, 7) is 0. The van der Waals surface area contributed by atoms with Crippen LogP contribution in [-0.4, -0.2) is 40.0 Å². The average molecular weight is 374 g/mol. The number of rotatable bonds is 8. The SMILES string of the molecule is CSCC[C@H](NC(=O)c1ccc([N+](=O)[O-])cc1-c1ccccc1)C(=O)O. The molecule has 2 N–H and O–H groups in total. The number of carbonyl (C=O) groups excluding carboxylic acids is 1. The Morgan fingerprint density at radius 1 is 1.23 bits per heavy atom. The van der Waals surface area contributed by atoms with E-state index in [9.17, 15) is 24.8 Å². The van der Waals surface area contributed by atoms with Crippen LogP contribution in [0.1, 0.15) is 16.8 Å². The van der Waals surface area contributed by atoms with Crippen molar-refractivity contribution in [3.63, 3.8) is 0 Å². The summed E-state index contributed by atoms with van der Waals surface area (Å²) in [6, 6.07) is 11.7. The van der Waals surface area contributed by atoms with Gasteiger partial charge in [0.15, 0.2) is 0 Å². The lowest BCUT2D eigenvalue weighted by molar-refractivity contribution is -0.384. The molecule has 0 aromatic heterocycles. The lowest BCUT2D eigenvalue weighted by atomic mass is 9.98. The van der Waals surface area contributed by atoms with E-state index in [0.717, 1.165) is 0 Å². The smallest absolute Gasteiger partial charge is 0.326 e. The van der Waals surface area contributed by atoms with Crippen LogP contribution in [0.3, 0.4) is 0 Å². The number of carboxylic acid groups (broad SMARTS) is 1. The molecule has 0 saturated heterocycles. The highest BCUT2D eigenvalue weighted by Gasteiger charge is 2.23. The lowest BCUT2D eigenvalue weighted by Crippen LogP contribution is -2.41. The summed E-state index contributed by atoms with van der Waals surface area (Å²) in [5, 5.41) is 22.9. The van der Waals surface area contributed by atoms with Crippen LogP contribution < -0.4 is 5.32 Å². The summed E-state index contributed by atoms with van der Waals surface area (Å²) in [6.07, 6.45) is 2.14. The normalized spacial score (nSPS) is 11.6. The van der Waals surface area contributed by atoms with Gasteiger partial charge in [0.05, 0.1) is 4.92 Å². The molecule has 1 atom stereocenters. The van der Waals surface area contributed by atoms with Gasteiger partial charge in [0.25, 0.3) is 11.6 Å². The van der Waals surface area contributed by atoms with E-state index >= 15 is 0 Å². The highest BCUT2D eigenvalue weighted by Crippen LogP contribution is 2.28. The number of thioether (sulfide) groups is 1. The summed E-state index contributed by atoms with van der Waals surface area (Å²) in [4.78, 5) is 34.5. The van der Waals surface area contributed by atoms with Gasteiger partial charge in [0.2, 0.25) is 0 Å². The van der Waals surface area contributed by atoms with Crippen LogP contribution >= 0.6 is 11.8 Å². The van der Waals surface area contributed by atoms with Gasteiger partial charge in [-0.3, -0.25) is 14.9 Å². The van der Waals surface area contributed by atoms with Gasteiger partial charge in [-0.1, -0.05) is 30.3 Å². The molecule has 1 amide bonds. The molecule has 26 heavy (non-hydrogen) atoms. The van der Waals surface area contributed by atoms with E-state index in [4.69, 9.17) is 0 Å². The second-order valence-corrected chi connectivity index (χ2v) is 6.48. The second kappa shape index (κ2) is 9.00. The Morgan fingerprint density at radius 2 is 1.92 bits per heavy atom. The van der Waals surface area contributed by atoms with Gasteiger partial charge in [-0.2, -0.15) is 11.8 Å². The van der Waals surface area contributed by atoms with Crippen molar-refractivity contribution < 1.29 is 19.6 Å². The summed E-state index contributed by atoms with van der Waals surface area (Å²) in [5.74, 6) is -1.11. The Labute approximate surface area is 154 Å². The monoisotopic (exact) mass is 374 g/mol. The summed E-state index contributed by atoms with van der Waals surface area (Å²) >= 11 is 1.49. The fraction of sp³-hybridized carbons (Fsp3) is 0.222. The first-order chi connectivity index (χ1) is 12.4. The molecule has 2 rings (SSSR count). The number of nitro groups is 1. The van der Waals surface area contributed by atoms with Crippen molar-refractivity contribution >= 4 is 29.3 Å². The quantitative estimate of drug-likeness (QED) is 0.542. The number of non-ortho nitro benzene ring substituents is 1. The number of benzene rings is 2. The van der Waals surface area contributed by atoms with Crippen LogP contribution in [0.15, 0.2) is 48.5 Å². The second-order valence-electron chi connectivity index (χ2n) is 5.50. The molecule has 0 radical (unpaired) electrons. The fourth-order valence-electron chi connectivity index (χ4n) is 2.43. The number of nitrogens with zero attached hydrogens (tertiary/aromatic N) is 1. The van der Waals surface area contributed by atoms with E-state index < -0.39 is 22.8 Å². The summed E-state index contributed by atoms with van der Waals surface area (Å²) in [5.41, 5.74) is 1.07. The molecule has 0 unspecified atom stereocenters. The number of nitro benzene ring substituents is 1. The molecule has 0 fully saturated rings. The predicted molar refractivity (Wildman–Crippen MR) is 100 cm³/mol. The molecule has 2 aromatic rings. The number of hydrogen-bond donors (Lipinski definition) is 2. The Kier molecular flexibility index (Phi) is 6.74. The van der Waals surface area contributed by atoms with E-state index in [2.05, 4.69) is 5.32 Å². The first-order valence-electron chi connectivity index (χ1n) is 7.80. The Balaban J connectivity index is 2.39. The number of amides is 1. The Bertz CT molecular complexity index is 810. The van der Waals surface area contributed by atoms with Crippen molar-refractivity contribution in [3.8, 4) is 11.1 Å². The molecule has 0 saturated carbocycles. The number of aliphatic carboxylic acids is 1. The third-order valence-corrected chi connectivity index (χ3v) is 4.40. The third kappa shape index (κ3) is 4.82. The molecule has 0 heterocycles. The maximum atomic E-state index is 12.6. The predicted octanol–water partition coefficient (Wildman–Crippen LogP) is 3.20. The number of carbonyl (C=O) groups is 2. The van der Waals surface area contributed by atoms with Gasteiger partial charge in [0, 0.05) is 23.3 Å². The van der Waals surface area contributed by atoms with E-state index in [1.54, 1.807) is 30.3 Å². The minimum Gasteiger partial charge on any atom is -0.480 e. The molecule has 0 bridgehead atoms. The van der Waals surface area contributed by atoms with Crippen LogP contribution in [-0.2, 0) is 4.79 Å². The van der Waals surface area contributed by atoms with Crippen LogP contribution in [0, 0.1) is 10.1 Å². The molecule has 136 valence electrons. The first kappa shape index (κ1) is 19.5. The number of carboxylic acids is 1. The lowest BCUT2D eigenvalue weighted by Gasteiger charge is -2.16. The maximum absolute atomic E-state index is 12.6. The van der Waals surface area contributed by atoms with Gasteiger partial charge in [-0.25, -0.2) is 4.79 Å². The third-order valence-electron chi connectivity index (χ3n) is 3.76.